The second-order valence-electron chi connectivity index (χ2n) is 4.84. The van der Waals surface area contributed by atoms with Crippen LogP contribution in [0.4, 0.5) is 8.78 Å². The van der Waals surface area contributed by atoms with Gasteiger partial charge in [-0.3, -0.25) is 4.79 Å². The van der Waals surface area contributed by atoms with Gasteiger partial charge in [0.15, 0.2) is 6.10 Å². The average molecular weight is 405 g/mol. The largest absolute Gasteiger partial charge is 0.460 e. The van der Waals surface area contributed by atoms with E-state index in [1.54, 1.807) is 30.3 Å². The number of aliphatic hydroxyl groups is 1. The third kappa shape index (κ3) is 5.73. The number of benzene rings is 1. The van der Waals surface area contributed by atoms with E-state index in [1.165, 1.54) is 6.92 Å². The van der Waals surface area contributed by atoms with E-state index in [0.717, 1.165) is 0 Å². The molecule has 0 aromatic heterocycles. The van der Waals surface area contributed by atoms with E-state index in [2.05, 4.69) is 10.1 Å². The Morgan fingerprint density at radius 3 is 2.29 bits per heavy atom. The van der Waals surface area contributed by atoms with Gasteiger partial charge in [0.1, 0.15) is 6.61 Å². The summed E-state index contributed by atoms with van der Waals surface area (Å²) in [6.45, 7) is 0.283. The van der Waals surface area contributed by atoms with Gasteiger partial charge in [0, 0.05) is 0 Å². The Hall–Kier alpha value is -1.15. The number of carbonyl (C=O) groups excluding carboxylic acids is 2. The van der Waals surface area contributed by atoms with Crippen LogP contribution in [0, 0.1) is 0 Å². The van der Waals surface area contributed by atoms with Gasteiger partial charge >= 0.3 is 11.9 Å². The molecule has 1 aromatic carbocycles. The van der Waals surface area contributed by atoms with Gasteiger partial charge in [-0.15, -0.1) is 0 Å². The molecule has 0 bridgehead atoms. The van der Waals surface area contributed by atoms with Crippen molar-refractivity contribution < 1.29 is 28.2 Å². The quantitative estimate of drug-likeness (QED) is 0.565. The first kappa shape index (κ1) is 20.9. The maximum atomic E-state index is 13.9. The molecule has 2 atom stereocenters. The Balaban J connectivity index is 2.65. The fraction of sp³-hybridized carbons (Fsp3) is 0.429. The molecule has 0 fully saturated rings. The van der Waals surface area contributed by atoms with Crippen LogP contribution in [0.1, 0.15) is 18.5 Å². The Kier molecular flexibility index (Phi) is 7.22. The molecular weight excluding hydrogens is 391 g/mol. The van der Waals surface area contributed by atoms with E-state index in [4.69, 9.17) is 34.8 Å². The van der Waals surface area contributed by atoms with Crippen LogP contribution >= 0.6 is 34.8 Å². The summed E-state index contributed by atoms with van der Waals surface area (Å²) >= 11 is 15.6. The number of nitrogens with one attached hydrogen (secondary N) is 1. The first-order valence-corrected chi connectivity index (χ1v) is 7.75. The maximum Gasteiger partial charge on any atom is 0.358 e. The molecule has 2 unspecified atom stereocenters. The van der Waals surface area contributed by atoms with E-state index in [-0.39, 0.29) is 0 Å². The normalized spacial score (nSPS) is 14.6. The number of aliphatic hydroxyl groups excluding tert-OH is 1. The SMILES string of the molecule is CC(NC(=O)C(F)(F)C(O)COC(=O)C(Cl)(Cl)Cl)c1ccccc1. The lowest BCUT2D eigenvalue weighted by Gasteiger charge is -2.24. The van der Waals surface area contributed by atoms with Gasteiger partial charge in [-0.05, 0) is 12.5 Å². The topological polar surface area (TPSA) is 75.6 Å². The van der Waals surface area contributed by atoms with Crippen molar-refractivity contribution in [1.29, 1.82) is 0 Å². The van der Waals surface area contributed by atoms with Crippen LogP contribution in [-0.2, 0) is 14.3 Å². The lowest BCUT2D eigenvalue weighted by atomic mass is 10.1. The molecule has 10 heteroatoms. The number of carbonyl (C=O) groups is 2. The highest BCUT2D eigenvalue weighted by Crippen LogP contribution is 2.28. The molecule has 0 aliphatic carbocycles. The molecule has 0 saturated heterocycles. The van der Waals surface area contributed by atoms with Crippen molar-refractivity contribution in [2.24, 2.45) is 0 Å². The van der Waals surface area contributed by atoms with Crippen molar-refractivity contribution >= 4 is 46.7 Å². The van der Waals surface area contributed by atoms with Crippen molar-refractivity contribution in [2.45, 2.75) is 28.8 Å². The smallest absolute Gasteiger partial charge is 0.358 e. The minimum atomic E-state index is -4.21. The van der Waals surface area contributed by atoms with E-state index in [1.807, 2.05) is 0 Å². The highest BCUT2D eigenvalue weighted by molar-refractivity contribution is 6.75. The number of ether oxygens (including phenoxy) is 1. The van der Waals surface area contributed by atoms with Crippen LogP contribution in [0.25, 0.3) is 0 Å². The van der Waals surface area contributed by atoms with Crippen molar-refractivity contribution in [3.05, 3.63) is 35.9 Å². The molecule has 2 N–H and O–H groups in total. The number of alkyl halides is 5. The second-order valence-corrected chi connectivity index (χ2v) is 7.12. The summed E-state index contributed by atoms with van der Waals surface area (Å²) in [6.07, 6.45) is -2.60. The molecule has 0 spiro atoms. The number of amides is 1. The fourth-order valence-electron chi connectivity index (χ4n) is 1.61. The van der Waals surface area contributed by atoms with Gasteiger partial charge in [-0.25, -0.2) is 4.79 Å². The zero-order valence-corrected chi connectivity index (χ0v) is 14.6. The van der Waals surface area contributed by atoms with Gasteiger partial charge in [0.05, 0.1) is 6.04 Å². The van der Waals surface area contributed by atoms with Crippen LogP contribution in [0.5, 0.6) is 0 Å². The van der Waals surface area contributed by atoms with Crippen LogP contribution in [0.15, 0.2) is 30.3 Å². The second kappa shape index (κ2) is 8.29. The summed E-state index contributed by atoms with van der Waals surface area (Å²) in [6, 6.07) is 7.66. The van der Waals surface area contributed by atoms with Gasteiger partial charge < -0.3 is 15.2 Å². The Labute approximate surface area is 151 Å². The first-order chi connectivity index (χ1) is 11.0. The molecule has 5 nitrogen and oxygen atoms in total. The van der Waals surface area contributed by atoms with E-state index < -0.39 is 40.3 Å². The van der Waals surface area contributed by atoms with Gasteiger partial charge in [0.2, 0.25) is 0 Å². The number of halogens is 5. The predicted octanol–water partition coefficient (Wildman–Crippen LogP) is 2.77. The molecule has 0 radical (unpaired) electrons. The lowest BCUT2D eigenvalue weighted by Crippen LogP contribution is -2.51. The lowest BCUT2D eigenvalue weighted by molar-refractivity contribution is -0.175. The number of hydrogen-bond acceptors (Lipinski definition) is 4. The minimum absolute atomic E-state index is 0.596. The van der Waals surface area contributed by atoms with E-state index in [0.29, 0.717) is 5.56 Å². The number of rotatable bonds is 6. The molecule has 0 aliphatic rings. The van der Waals surface area contributed by atoms with Crippen LogP contribution < -0.4 is 5.32 Å². The van der Waals surface area contributed by atoms with Crippen LogP contribution in [-0.4, -0.2) is 39.4 Å². The van der Waals surface area contributed by atoms with Gasteiger partial charge in [0.25, 0.3) is 9.70 Å². The van der Waals surface area contributed by atoms with Gasteiger partial charge in [-0.1, -0.05) is 65.1 Å². The summed E-state index contributed by atoms with van der Waals surface area (Å²) in [5, 5.41) is 11.5. The molecule has 0 heterocycles. The molecular formula is C14H14Cl3F2NO4. The Morgan fingerprint density at radius 2 is 1.79 bits per heavy atom. The fourth-order valence-corrected chi connectivity index (χ4v) is 1.77. The third-order valence-electron chi connectivity index (χ3n) is 2.97. The molecule has 1 rings (SSSR count). The molecule has 134 valence electrons. The van der Waals surface area contributed by atoms with Crippen molar-refractivity contribution in [1.82, 2.24) is 5.32 Å². The molecule has 24 heavy (non-hydrogen) atoms. The van der Waals surface area contributed by atoms with Crippen LogP contribution in [0.3, 0.4) is 0 Å². The van der Waals surface area contributed by atoms with E-state index >= 15 is 0 Å². The summed E-state index contributed by atoms with van der Waals surface area (Å²) in [7, 11) is 0. The predicted molar refractivity (Wildman–Crippen MR) is 85.2 cm³/mol. The molecule has 0 aliphatic heterocycles. The molecule has 0 saturated carbocycles. The maximum absolute atomic E-state index is 13.9. The summed E-state index contributed by atoms with van der Waals surface area (Å²) < 4.78 is 29.5. The molecule has 1 amide bonds. The monoisotopic (exact) mass is 403 g/mol. The minimum Gasteiger partial charge on any atom is -0.460 e. The Morgan fingerprint density at radius 1 is 1.25 bits per heavy atom. The van der Waals surface area contributed by atoms with Crippen molar-refractivity contribution in [3.8, 4) is 0 Å². The number of hydrogen-bond donors (Lipinski definition) is 2. The summed E-state index contributed by atoms with van der Waals surface area (Å²) in [5.74, 6) is -7.38. The average Bonchev–Trinajstić information content (AvgIpc) is 2.51. The van der Waals surface area contributed by atoms with E-state index in [9.17, 15) is 23.5 Å². The first-order valence-electron chi connectivity index (χ1n) is 6.62. The molecule has 1 aromatic rings. The van der Waals surface area contributed by atoms with Crippen LogP contribution in [0.2, 0.25) is 0 Å². The highest BCUT2D eigenvalue weighted by Gasteiger charge is 2.48. The zero-order valence-electron chi connectivity index (χ0n) is 12.3. The third-order valence-corrected chi connectivity index (χ3v) is 3.44. The summed E-state index contributed by atoms with van der Waals surface area (Å²) in [5.41, 5.74) is 0.596. The number of esters is 1. The standard InChI is InChI=1S/C14H14Cl3F2NO4/c1-8(9-5-3-2-4-6-9)20-11(22)13(18,19)10(21)7-24-12(23)14(15,16)17/h2-6,8,10,21H,7H2,1H3,(H,20,22). The zero-order chi connectivity index (χ0) is 18.5. The van der Waals surface area contributed by atoms with Crippen molar-refractivity contribution in [3.63, 3.8) is 0 Å². The summed E-state index contributed by atoms with van der Waals surface area (Å²) in [4.78, 5) is 22.8. The van der Waals surface area contributed by atoms with Gasteiger partial charge in [-0.2, -0.15) is 8.78 Å². The van der Waals surface area contributed by atoms with Crippen molar-refractivity contribution in [2.75, 3.05) is 6.61 Å². The Bertz CT molecular complexity index is 581. The highest BCUT2D eigenvalue weighted by atomic mass is 35.6.